The van der Waals surface area contributed by atoms with Crippen molar-refractivity contribution >= 4 is 80.7 Å². The Bertz CT molecular complexity index is 3490. The number of benzene rings is 3. The maximum absolute atomic E-state index is 14.6. The van der Waals surface area contributed by atoms with Crippen molar-refractivity contribution in [2.45, 2.75) is 171 Å². The first-order valence-corrected chi connectivity index (χ1v) is 31.1. The Morgan fingerprint density at radius 1 is 0.747 bits per heavy atom. The van der Waals surface area contributed by atoms with E-state index in [1.165, 1.54) is 21.1 Å². The van der Waals surface area contributed by atoms with Gasteiger partial charge < -0.3 is 101 Å². The van der Waals surface area contributed by atoms with Gasteiger partial charge in [0.25, 0.3) is 5.56 Å². The number of fused-ring (bicyclic) bond motifs is 5. The molecule has 0 saturated carbocycles. The highest BCUT2D eigenvalue weighted by Gasteiger charge is 2.52. The van der Waals surface area contributed by atoms with Gasteiger partial charge in [-0.2, -0.15) is 0 Å². The Hall–Kier alpha value is -7.48. The number of anilines is 2. The van der Waals surface area contributed by atoms with E-state index >= 15 is 0 Å². The summed E-state index contributed by atoms with van der Waals surface area (Å²) in [5.41, 5.74) is 7.37. The summed E-state index contributed by atoms with van der Waals surface area (Å²) in [7, 11) is 2.76. The zero-order chi connectivity index (χ0) is 65.3. The van der Waals surface area contributed by atoms with Crippen molar-refractivity contribution in [2.24, 2.45) is 5.73 Å². The molecule has 2 fully saturated rings. The topological polar surface area (TPSA) is 356 Å². The molecule has 9 rings (SSSR count). The van der Waals surface area contributed by atoms with E-state index in [9.17, 15) is 44.4 Å². The van der Waals surface area contributed by atoms with Gasteiger partial charge in [-0.25, -0.2) is 14.6 Å². The predicted molar refractivity (Wildman–Crippen MR) is 340 cm³/mol. The van der Waals surface area contributed by atoms with Gasteiger partial charge in [0.05, 0.1) is 41.2 Å². The molecule has 6 heterocycles. The fourth-order valence-corrected chi connectivity index (χ4v) is 11.9. The minimum absolute atomic E-state index is 0.0512. The number of carbonyl (C=O) groups is 4. The second-order valence-corrected chi connectivity index (χ2v) is 23.7. The van der Waals surface area contributed by atoms with E-state index in [1.54, 1.807) is 79.9 Å². The van der Waals surface area contributed by atoms with Crippen molar-refractivity contribution in [3.05, 3.63) is 112 Å². The minimum atomic E-state index is -2.06. The molecule has 0 aliphatic carbocycles. The van der Waals surface area contributed by atoms with Crippen molar-refractivity contribution in [3.8, 4) is 22.9 Å². The van der Waals surface area contributed by atoms with E-state index in [1.807, 2.05) is 30.3 Å². The summed E-state index contributed by atoms with van der Waals surface area (Å²) in [5, 5.41) is 61.5. The molecule has 2 aromatic heterocycles. The summed E-state index contributed by atoms with van der Waals surface area (Å²) in [4.78, 5) is 76.2. The number of esters is 2. The number of unbranched alkanes of at least 4 members (excludes halogenated alkanes) is 2. The first-order chi connectivity index (χ1) is 43.7. The van der Waals surface area contributed by atoms with Crippen LogP contribution in [-0.2, 0) is 66.4 Å². The number of aliphatic hydroxyl groups is 4. The zero-order valence-corrected chi connectivity index (χ0v) is 52.9. The van der Waals surface area contributed by atoms with E-state index in [0.29, 0.717) is 83.7 Å². The Morgan fingerprint density at radius 3 is 1.89 bits per heavy atom. The second-order valence-electron chi connectivity index (χ2n) is 22.8. The van der Waals surface area contributed by atoms with E-state index in [4.69, 9.17) is 73.0 Å². The SMILES string of the molecule is CC[C@@]1(OC(=O)[C@H](C)NC(=O)[C@H](CCCCN)NC(=O)[C@H](CCCCNC(=S)Nc2ccc(O[C@H]3O[C@@H](C)[C@@H](O)[C@@H](OC)[C@@H]3O)cc2)NC(=S)Nc2ccc(O[C@H]3O[C@@H](C)[C@@H](O)[C@@H](OC)[C@@H]3O)cc2)C(=O)OCc2c1cc1n(c2=O)Cc2cc3ccccc3nc2-1. The number of carbonyl (C=O) groups excluding carboxylic acids is 4. The summed E-state index contributed by atoms with van der Waals surface area (Å²) in [6.07, 6.45) is -7.96. The van der Waals surface area contributed by atoms with Crippen LogP contribution in [0.3, 0.4) is 0 Å². The monoisotopic (exact) mass is 1300 g/mol. The average molecular weight is 1300 g/mol. The summed E-state index contributed by atoms with van der Waals surface area (Å²) >= 11 is 11.3. The summed E-state index contributed by atoms with van der Waals surface area (Å²) in [6.45, 7) is 6.89. The van der Waals surface area contributed by atoms with Crippen molar-refractivity contribution in [1.82, 2.24) is 30.8 Å². The molecule has 2 saturated heterocycles. The van der Waals surface area contributed by atoms with Gasteiger partial charge in [0.2, 0.25) is 30.0 Å². The van der Waals surface area contributed by atoms with Crippen LogP contribution >= 0.6 is 24.4 Å². The number of aromatic nitrogens is 2. The van der Waals surface area contributed by atoms with Gasteiger partial charge in [-0.15, -0.1) is 0 Å². The molecule has 14 atom stereocenters. The van der Waals surface area contributed by atoms with Crippen LogP contribution in [0.25, 0.3) is 22.3 Å². The van der Waals surface area contributed by atoms with Crippen LogP contribution in [0.1, 0.15) is 89.3 Å². The molecular formula is C63H79N9O17S2. The lowest BCUT2D eigenvalue weighted by Crippen LogP contribution is -2.59. The lowest BCUT2D eigenvalue weighted by Gasteiger charge is -2.40. The van der Waals surface area contributed by atoms with Crippen LogP contribution < -0.4 is 52.7 Å². The molecule has 4 aliphatic rings. The second kappa shape index (κ2) is 30.3. The minimum Gasteiger partial charge on any atom is -0.462 e. The molecule has 0 bridgehead atoms. The average Bonchev–Trinajstić information content (AvgIpc) is 1.69. The zero-order valence-electron chi connectivity index (χ0n) is 51.3. The summed E-state index contributed by atoms with van der Waals surface area (Å²) < 4.78 is 47.0. The molecule has 12 N–H and O–H groups in total. The number of hydrogen-bond acceptors (Lipinski definition) is 21. The smallest absolute Gasteiger partial charge is 0.355 e. The number of hydrogen-bond donors (Lipinski definition) is 11. The Kier molecular flexibility index (Phi) is 22.6. The van der Waals surface area contributed by atoms with Gasteiger partial charge in [-0.1, -0.05) is 25.1 Å². The molecule has 0 spiro atoms. The number of methoxy groups -OCH3 is 2. The van der Waals surface area contributed by atoms with Crippen LogP contribution in [0.4, 0.5) is 11.4 Å². The van der Waals surface area contributed by atoms with Crippen LogP contribution in [0.15, 0.2) is 89.7 Å². The van der Waals surface area contributed by atoms with E-state index < -0.39 is 114 Å². The molecule has 0 unspecified atom stereocenters. The Balaban J connectivity index is 0.850. The normalized spacial score (nSPS) is 25.0. The van der Waals surface area contributed by atoms with Crippen molar-refractivity contribution < 1.29 is 77.5 Å². The van der Waals surface area contributed by atoms with E-state index in [-0.39, 0.29) is 48.7 Å². The molecule has 28 heteroatoms. The first-order valence-electron chi connectivity index (χ1n) is 30.3. The number of nitrogens with one attached hydrogen (secondary N) is 6. The Labute approximate surface area is 536 Å². The highest BCUT2D eigenvalue weighted by Crippen LogP contribution is 2.41. The van der Waals surface area contributed by atoms with E-state index in [0.717, 1.165) is 10.9 Å². The number of nitrogens with zero attached hydrogens (tertiary/aromatic N) is 2. The van der Waals surface area contributed by atoms with Gasteiger partial charge >= 0.3 is 11.9 Å². The molecule has 26 nitrogen and oxygen atoms in total. The van der Waals surface area contributed by atoms with Gasteiger partial charge in [-0.3, -0.25) is 14.4 Å². The number of pyridine rings is 2. The molecule has 490 valence electrons. The van der Waals surface area contributed by atoms with E-state index in [2.05, 4.69) is 31.9 Å². The Morgan fingerprint density at radius 2 is 1.31 bits per heavy atom. The van der Waals surface area contributed by atoms with Gasteiger partial charge in [-0.05, 0) is 163 Å². The maximum Gasteiger partial charge on any atom is 0.355 e. The highest BCUT2D eigenvalue weighted by atomic mass is 32.1. The number of rotatable bonds is 25. The summed E-state index contributed by atoms with van der Waals surface area (Å²) in [5.74, 6) is -2.49. The molecule has 91 heavy (non-hydrogen) atoms. The number of para-hydroxylation sites is 1. The predicted octanol–water partition coefficient (Wildman–Crippen LogP) is 2.98. The fourth-order valence-electron chi connectivity index (χ4n) is 11.4. The molecule has 3 aromatic carbocycles. The highest BCUT2D eigenvalue weighted by molar-refractivity contribution is 7.80. The number of cyclic esters (lactones) is 1. The number of thiocarbonyl (C=S) groups is 2. The number of amides is 2. The number of aliphatic hydroxyl groups excluding tert-OH is 4. The first kappa shape index (κ1) is 67.9. The third-order valence-electron chi connectivity index (χ3n) is 16.6. The van der Waals surface area contributed by atoms with Crippen LogP contribution in [-0.4, -0.2) is 171 Å². The van der Waals surface area contributed by atoms with Gasteiger partial charge in [0, 0.05) is 48.7 Å². The van der Waals surface area contributed by atoms with Gasteiger partial charge in [0.15, 0.2) is 10.2 Å². The van der Waals surface area contributed by atoms with Crippen LogP contribution in [0, 0.1) is 0 Å². The number of nitrogens with two attached hydrogens (primary N) is 1. The number of ether oxygens (including phenoxy) is 8. The van der Waals surface area contributed by atoms with Crippen molar-refractivity contribution in [3.63, 3.8) is 0 Å². The van der Waals surface area contributed by atoms with Crippen molar-refractivity contribution in [1.29, 1.82) is 0 Å². The lowest BCUT2D eigenvalue weighted by molar-refractivity contribution is -0.273. The fraction of sp³-hybridized carbons (Fsp3) is 0.492. The molecule has 2 amide bonds. The largest absolute Gasteiger partial charge is 0.462 e. The standard InChI is InChI=1S/C63H79N9O17S2/c1-7-63(42-29-46-47-36(28-35-14-8-9-15-43(35)69-47)30-72(46)56(79)41(42)31-84-60(63)81)89-57(80)32(2)66-54(77)44(16-10-12-26-64)70-55(78)45(71-62(91)68-38-20-24-40(25-21-38)88-59-51(76)53(83-6)49(74)34(4)86-59)17-11-13-27-65-61(90)67-37-18-22-39(23-19-37)87-58-50(75)52(82-5)48(73)33(3)85-58/h8-9,14-15,18-25,28-29,32-34,44-45,48-53,58-59,73-76H,7,10-13,16-17,26-27,30-31,64H2,1-6H3,(H,66,77)(H,70,78)(H2,65,67,90)(H2,68,71,91)/t32-,33-,34-,44-,45-,48+,49+,50-,51-,52+,53+,58+,59+,63-/m0/s1. The van der Waals surface area contributed by atoms with Crippen LogP contribution in [0.2, 0.25) is 0 Å². The molecule has 5 aromatic rings. The molecular weight excluding hydrogens is 1220 g/mol. The van der Waals surface area contributed by atoms with Crippen molar-refractivity contribution in [2.75, 3.05) is 37.9 Å². The quantitative estimate of drug-likeness (QED) is 0.0223. The summed E-state index contributed by atoms with van der Waals surface area (Å²) in [6, 6.07) is 20.9. The molecule has 4 aliphatic heterocycles. The maximum atomic E-state index is 14.6. The molecule has 0 radical (unpaired) electrons. The van der Waals surface area contributed by atoms with Gasteiger partial charge in [0.1, 0.15) is 72.9 Å². The lowest BCUT2D eigenvalue weighted by atomic mass is 9.85. The third kappa shape index (κ3) is 15.5. The van der Waals surface area contributed by atoms with Crippen LogP contribution in [0.5, 0.6) is 11.5 Å². The third-order valence-corrected chi connectivity index (χ3v) is 17.1.